The van der Waals surface area contributed by atoms with Crippen molar-refractivity contribution < 1.29 is 9.90 Å². The molecule has 0 amide bonds. The van der Waals surface area contributed by atoms with Crippen molar-refractivity contribution in [3.05, 3.63) is 42.1 Å². The van der Waals surface area contributed by atoms with Crippen LogP contribution in [-0.4, -0.2) is 65.2 Å². The van der Waals surface area contributed by atoms with Crippen molar-refractivity contribution in [3.8, 4) is 11.4 Å². The molecule has 0 unspecified atom stereocenters. The number of hydrogen-bond acceptors (Lipinski definition) is 5. The van der Waals surface area contributed by atoms with Crippen LogP contribution < -0.4 is 4.90 Å². The molecule has 7 heteroatoms. The Balaban J connectivity index is 1.86. The molecule has 3 rings (SSSR count). The van der Waals surface area contributed by atoms with Crippen LogP contribution in [0, 0.1) is 0 Å². The van der Waals surface area contributed by atoms with E-state index in [4.69, 9.17) is 0 Å². The van der Waals surface area contributed by atoms with E-state index in [1.165, 1.54) is 12.3 Å². The highest BCUT2D eigenvalue weighted by Crippen LogP contribution is 2.24. The van der Waals surface area contributed by atoms with Crippen LogP contribution in [0.1, 0.15) is 10.4 Å². The number of aromatic nitrogens is 3. The van der Waals surface area contributed by atoms with Gasteiger partial charge in [-0.15, -0.1) is 0 Å². The van der Waals surface area contributed by atoms with Gasteiger partial charge in [0, 0.05) is 37.6 Å². The van der Waals surface area contributed by atoms with Gasteiger partial charge in [-0.2, -0.15) is 0 Å². The number of likely N-dealkylation sites (N-methyl/N-ethyl adjacent to an activating group) is 2. The fourth-order valence-corrected chi connectivity index (χ4v) is 2.58. The third-order valence-electron chi connectivity index (χ3n) is 4.09. The number of hydrogen-bond donors (Lipinski definition) is 2. The molecule has 3 aromatic rings. The van der Waals surface area contributed by atoms with Gasteiger partial charge in [-0.3, -0.25) is 0 Å². The molecular weight excluding hydrogens is 318 g/mol. The number of aromatic amines is 1. The van der Waals surface area contributed by atoms with Gasteiger partial charge >= 0.3 is 5.97 Å². The summed E-state index contributed by atoms with van der Waals surface area (Å²) in [5.41, 5.74) is 3.02. The van der Waals surface area contributed by atoms with Crippen molar-refractivity contribution in [1.29, 1.82) is 0 Å². The number of aromatic carboxylic acids is 1. The summed E-state index contributed by atoms with van der Waals surface area (Å²) in [6.07, 6.45) is 1.46. The Morgan fingerprint density at radius 1 is 1.12 bits per heavy atom. The second kappa shape index (κ2) is 6.90. The van der Waals surface area contributed by atoms with Crippen LogP contribution in [0.3, 0.4) is 0 Å². The van der Waals surface area contributed by atoms with Gasteiger partial charge in [-0.1, -0.05) is 0 Å². The lowest BCUT2D eigenvalue weighted by atomic mass is 10.2. The SMILES string of the molecule is CN(C)CCN(C)c1ccc(-c2nc3nccc(C(=O)O)c3[nH]2)cc1. The summed E-state index contributed by atoms with van der Waals surface area (Å²) in [5, 5.41) is 9.27. The van der Waals surface area contributed by atoms with E-state index >= 15 is 0 Å². The maximum Gasteiger partial charge on any atom is 0.338 e. The van der Waals surface area contributed by atoms with Crippen molar-refractivity contribution in [3.63, 3.8) is 0 Å². The molecule has 0 fully saturated rings. The highest BCUT2D eigenvalue weighted by Gasteiger charge is 2.14. The number of fused-ring (bicyclic) bond motifs is 1. The van der Waals surface area contributed by atoms with Crippen LogP contribution >= 0.6 is 0 Å². The molecule has 25 heavy (non-hydrogen) atoms. The fraction of sp³-hybridized carbons (Fsp3) is 0.278. The van der Waals surface area contributed by atoms with Crippen LogP contribution in [0.5, 0.6) is 0 Å². The van der Waals surface area contributed by atoms with Gasteiger partial charge < -0.3 is 19.9 Å². The topological polar surface area (TPSA) is 85.3 Å². The van der Waals surface area contributed by atoms with Crippen LogP contribution in [0.25, 0.3) is 22.6 Å². The maximum atomic E-state index is 11.3. The quantitative estimate of drug-likeness (QED) is 0.717. The zero-order valence-electron chi connectivity index (χ0n) is 14.5. The maximum absolute atomic E-state index is 11.3. The molecule has 2 heterocycles. The molecule has 130 valence electrons. The highest BCUT2D eigenvalue weighted by atomic mass is 16.4. The number of nitrogens with one attached hydrogen (secondary N) is 1. The third kappa shape index (κ3) is 3.61. The Kier molecular flexibility index (Phi) is 4.67. The van der Waals surface area contributed by atoms with Gasteiger partial charge in [-0.05, 0) is 44.4 Å². The highest BCUT2D eigenvalue weighted by molar-refractivity contribution is 6.00. The number of anilines is 1. The first-order valence-electron chi connectivity index (χ1n) is 8.00. The first-order valence-corrected chi connectivity index (χ1v) is 8.00. The van der Waals surface area contributed by atoms with Gasteiger partial charge in [-0.25, -0.2) is 14.8 Å². The smallest absolute Gasteiger partial charge is 0.338 e. The summed E-state index contributed by atoms with van der Waals surface area (Å²) in [6.45, 7) is 1.91. The molecule has 0 aliphatic rings. The summed E-state index contributed by atoms with van der Waals surface area (Å²) in [6, 6.07) is 9.47. The summed E-state index contributed by atoms with van der Waals surface area (Å²) < 4.78 is 0. The average molecular weight is 339 g/mol. The standard InChI is InChI=1S/C18H21N5O2/c1-22(2)10-11-23(3)13-6-4-12(5-7-13)16-20-15-14(18(24)25)8-9-19-17(15)21-16/h4-9H,10-11H2,1-3H3,(H,24,25)(H,19,20,21). The number of imidazole rings is 1. The first kappa shape index (κ1) is 16.9. The predicted molar refractivity (Wildman–Crippen MR) is 98.1 cm³/mol. The van der Waals surface area contributed by atoms with Gasteiger partial charge in [0.2, 0.25) is 0 Å². The van der Waals surface area contributed by atoms with Crippen molar-refractivity contribution in [1.82, 2.24) is 19.9 Å². The Labute approximate surface area is 145 Å². The van der Waals surface area contributed by atoms with Crippen molar-refractivity contribution in [2.24, 2.45) is 0 Å². The molecule has 2 N–H and O–H groups in total. The molecule has 1 aromatic carbocycles. The van der Waals surface area contributed by atoms with E-state index in [2.05, 4.69) is 45.9 Å². The number of pyridine rings is 1. The minimum absolute atomic E-state index is 0.170. The number of rotatable bonds is 6. The minimum atomic E-state index is -1.000. The largest absolute Gasteiger partial charge is 0.478 e. The molecule has 7 nitrogen and oxygen atoms in total. The monoisotopic (exact) mass is 339 g/mol. The first-order chi connectivity index (χ1) is 12.0. The zero-order chi connectivity index (χ0) is 18.0. The van der Waals surface area contributed by atoms with E-state index in [0.29, 0.717) is 17.0 Å². The van der Waals surface area contributed by atoms with E-state index in [1.54, 1.807) is 0 Å². The molecule has 0 atom stereocenters. The van der Waals surface area contributed by atoms with E-state index in [-0.39, 0.29) is 5.56 Å². The Morgan fingerprint density at radius 3 is 2.48 bits per heavy atom. The van der Waals surface area contributed by atoms with Gasteiger partial charge in [0.05, 0.1) is 11.1 Å². The summed E-state index contributed by atoms with van der Waals surface area (Å²) in [7, 11) is 6.17. The van der Waals surface area contributed by atoms with Gasteiger partial charge in [0.15, 0.2) is 5.65 Å². The Morgan fingerprint density at radius 2 is 1.84 bits per heavy atom. The van der Waals surface area contributed by atoms with E-state index in [1.807, 2.05) is 24.3 Å². The zero-order valence-corrected chi connectivity index (χ0v) is 14.5. The minimum Gasteiger partial charge on any atom is -0.478 e. The van der Waals surface area contributed by atoms with Crippen molar-refractivity contribution >= 4 is 22.8 Å². The molecule has 0 bridgehead atoms. The van der Waals surface area contributed by atoms with Crippen molar-refractivity contribution in [2.75, 3.05) is 39.1 Å². The Bertz CT molecular complexity index is 886. The van der Waals surface area contributed by atoms with Crippen LogP contribution in [0.15, 0.2) is 36.5 Å². The number of H-pyrrole nitrogens is 1. The normalized spacial score (nSPS) is 11.2. The second-order valence-corrected chi connectivity index (χ2v) is 6.22. The Hall–Kier alpha value is -2.93. The molecule has 0 aliphatic heterocycles. The average Bonchev–Trinajstić information content (AvgIpc) is 3.03. The lowest BCUT2D eigenvalue weighted by molar-refractivity contribution is 0.0698. The lowest BCUT2D eigenvalue weighted by Gasteiger charge is -2.21. The van der Waals surface area contributed by atoms with Gasteiger partial charge in [0.25, 0.3) is 0 Å². The summed E-state index contributed by atoms with van der Waals surface area (Å²) in [5.74, 6) is -0.390. The summed E-state index contributed by atoms with van der Waals surface area (Å²) >= 11 is 0. The van der Waals surface area contributed by atoms with E-state index in [9.17, 15) is 9.90 Å². The number of benzene rings is 1. The number of carboxylic acid groups (broad SMARTS) is 1. The number of carboxylic acids is 1. The third-order valence-corrected chi connectivity index (χ3v) is 4.09. The number of nitrogens with zero attached hydrogens (tertiary/aromatic N) is 4. The number of carbonyl (C=O) groups is 1. The van der Waals surface area contributed by atoms with E-state index in [0.717, 1.165) is 24.3 Å². The second-order valence-electron chi connectivity index (χ2n) is 6.22. The molecular formula is C18H21N5O2. The van der Waals surface area contributed by atoms with Crippen LogP contribution in [0.4, 0.5) is 5.69 Å². The molecule has 0 radical (unpaired) electrons. The lowest BCUT2D eigenvalue weighted by Crippen LogP contribution is -2.28. The van der Waals surface area contributed by atoms with Crippen LogP contribution in [-0.2, 0) is 0 Å². The molecule has 0 saturated heterocycles. The molecule has 0 aliphatic carbocycles. The van der Waals surface area contributed by atoms with Crippen LogP contribution in [0.2, 0.25) is 0 Å². The van der Waals surface area contributed by atoms with Crippen molar-refractivity contribution in [2.45, 2.75) is 0 Å². The van der Waals surface area contributed by atoms with E-state index < -0.39 is 5.97 Å². The molecule has 0 spiro atoms. The summed E-state index contributed by atoms with van der Waals surface area (Å²) in [4.78, 5) is 27.3. The van der Waals surface area contributed by atoms with Gasteiger partial charge in [0.1, 0.15) is 5.82 Å². The predicted octanol–water partition coefficient (Wildman–Crippen LogP) is 2.32. The fourth-order valence-electron chi connectivity index (χ4n) is 2.58. The molecule has 0 saturated carbocycles. The molecule has 2 aromatic heterocycles.